The lowest BCUT2D eigenvalue weighted by molar-refractivity contribution is -0.123. The molecule has 2 rings (SSSR count). The van der Waals surface area contributed by atoms with E-state index in [4.69, 9.17) is 0 Å². The van der Waals surface area contributed by atoms with Crippen molar-refractivity contribution in [3.05, 3.63) is 10.6 Å². The van der Waals surface area contributed by atoms with Crippen LogP contribution in [-0.2, 0) is 22.4 Å². The number of carbonyl (C=O) groups excluding carboxylic acids is 2. The van der Waals surface area contributed by atoms with Crippen LogP contribution >= 0.6 is 11.3 Å². The van der Waals surface area contributed by atoms with Gasteiger partial charge >= 0.3 is 0 Å². The lowest BCUT2D eigenvalue weighted by Gasteiger charge is -2.07. The Labute approximate surface area is 171 Å². The van der Waals surface area contributed by atoms with Gasteiger partial charge in [-0.15, -0.1) is 11.3 Å². The van der Waals surface area contributed by atoms with Crippen molar-refractivity contribution in [3.63, 3.8) is 0 Å². The summed E-state index contributed by atoms with van der Waals surface area (Å²) in [5, 5.41) is 12.7. The van der Waals surface area contributed by atoms with E-state index in [9.17, 15) is 14.7 Å². The molecule has 0 bridgehead atoms. The Balaban J connectivity index is 1.78. The third-order valence-corrected chi connectivity index (χ3v) is 5.93. The van der Waals surface area contributed by atoms with E-state index < -0.39 is 6.10 Å². The molecular weight excluding hydrogens is 376 g/mol. The molecule has 28 heavy (non-hydrogen) atoms. The maximum Gasteiger partial charge on any atom is 0.241 e. The summed E-state index contributed by atoms with van der Waals surface area (Å²) in [4.78, 5) is 29.6. The zero-order valence-electron chi connectivity index (χ0n) is 16.9. The smallest absolute Gasteiger partial charge is 0.241 e. The Bertz CT molecular complexity index is 589. The van der Waals surface area contributed by atoms with Crippen LogP contribution in [0, 0.1) is 0 Å². The Hall–Kier alpha value is -1.51. The van der Waals surface area contributed by atoms with Crippen LogP contribution in [0.3, 0.4) is 0 Å². The van der Waals surface area contributed by atoms with Gasteiger partial charge in [-0.05, 0) is 39.0 Å². The van der Waals surface area contributed by atoms with Crippen LogP contribution in [0.4, 0.5) is 5.13 Å². The number of aryl methyl sites for hydroxylation is 2. The summed E-state index contributed by atoms with van der Waals surface area (Å²) in [6, 6.07) is 0. The van der Waals surface area contributed by atoms with Crippen molar-refractivity contribution in [2.24, 2.45) is 0 Å². The van der Waals surface area contributed by atoms with Gasteiger partial charge in [-0.2, -0.15) is 0 Å². The third-order valence-electron chi connectivity index (χ3n) is 4.86. The summed E-state index contributed by atoms with van der Waals surface area (Å²) < 4.78 is 0. The molecule has 4 N–H and O–H groups in total. The van der Waals surface area contributed by atoms with Gasteiger partial charge in [-0.25, -0.2) is 10.4 Å². The van der Waals surface area contributed by atoms with Crippen molar-refractivity contribution in [2.45, 2.75) is 90.1 Å². The van der Waals surface area contributed by atoms with Crippen LogP contribution in [0.15, 0.2) is 0 Å². The van der Waals surface area contributed by atoms with Gasteiger partial charge in [-0.3, -0.25) is 15.0 Å². The summed E-state index contributed by atoms with van der Waals surface area (Å²) in [6.07, 6.45) is 12.3. The van der Waals surface area contributed by atoms with E-state index in [-0.39, 0.29) is 24.8 Å². The summed E-state index contributed by atoms with van der Waals surface area (Å²) in [5.74, 6) is -0.481. The zero-order chi connectivity index (χ0) is 20.2. The molecule has 1 aromatic rings. The molecule has 158 valence electrons. The fourth-order valence-corrected chi connectivity index (χ4v) is 4.32. The molecule has 1 unspecified atom stereocenters. The highest BCUT2D eigenvalue weighted by Gasteiger charge is 2.14. The van der Waals surface area contributed by atoms with E-state index in [0.717, 1.165) is 25.0 Å². The van der Waals surface area contributed by atoms with Gasteiger partial charge in [0.05, 0.1) is 18.3 Å². The predicted octanol–water partition coefficient (Wildman–Crippen LogP) is 3.08. The molecule has 1 heterocycles. The van der Waals surface area contributed by atoms with E-state index >= 15 is 0 Å². The molecule has 7 nitrogen and oxygen atoms in total. The number of carbonyl (C=O) groups is 2. The number of aromatic nitrogens is 1. The molecule has 0 spiro atoms. The number of amides is 2. The number of hydrogen-bond donors (Lipinski definition) is 4. The summed E-state index contributed by atoms with van der Waals surface area (Å²) in [7, 11) is 0. The van der Waals surface area contributed by atoms with Gasteiger partial charge in [0.15, 0.2) is 5.13 Å². The standard InChI is InChI=1S/C20H34N4O3S/c1-15(25)12-13-18(26)24-21-14-19(27)23-20-22-16-10-8-6-4-2-3-5-7-9-11-17(16)28-20/h15,21,25H,2-14H2,1H3,(H,24,26)(H,22,23,27). The van der Waals surface area contributed by atoms with Crippen LogP contribution in [0.2, 0.25) is 0 Å². The highest BCUT2D eigenvalue weighted by molar-refractivity contribution is 7.15. The van der Waals surface area contributed by atoms with Crippen molar-refractivity contribution in [1.82, 2.24) is 15.8 Å². The summed E-state index contributed by atoms with van der Waals surface area (Å²) in [5.41, 5.74) is 6.23. The maximum atomic E-state index is 12.1. The van der Waals surface area contributed by atoms with Gasteiger partial charge < -0.3 is 10.4 Å². The number of nitrogens with zero attached hydrogens (tertiary/aromatic N) is 1. The number of thiazole rings is 1. The van der Waals surface area contributed by atoms with Gasteiger partial charge in [0, 0.05) is 11.3 Å². The minimum atomic E-state index is -0.513. The average molecular weight is 411 g/mol. The van der Waals surface area contributed by atoms with Crippen LogP contribution in [0.25, 0.3) is 0 Å². The van der Waals surface area contributed by atoms with E-state index in [2.05, 4.69) is 21.2 Å². The molecule has 1 aliphatic carbocycles. The number of anilines is 1. The molecule has 1 aromatic heterocycles. The van der Waals surface area contributed by atoms with Crippen molar-refractivity contribution in [2.75, 3.05) is 11.9 Å². The summed E-state index contributed by atoms with van der Waals surface area (Å²) >= 11 is 1.58. The number of aliphatic hydroxyl groups is 1. The first-order chi connectivity index (χ1) is 13.5. The lowest BCUT2D eigenvalue weighted by Crippen LogP contribution is -2.42. The SMILES string of the molecule is CC(O)CCC(=O)NNCC(=O)Nc1nc2c(s1)CCCCCCCCCC2. The number of nitrogens with one attached hydrogen (secondary N) is 3. The largest absolute Gasteiger partial charge is 0.393 e. The van der Waals surface area contributed by atoms with Crippen molar-refractivity contribution < 1.29 is 14.7 Å². The number of rotatable bonds is 7. The van der Waals surface area contributed by atoms with E-state index in [1.165, 1.54) is 49.8 Å². The number of hydrazine groups is 1. The van der Waals surface area contributed by atoms with Crippen molar-refractivity contribution >= 4 is 28.3 Å². The lowest BCUT2D eigenvalue weighted by atomic mass is 10.0. The first-order valence-electron chi connectivity index (χ1n) is 10.5. The van der Waals surface area contributed by atoms with Crippen molar-refractivity contribution in [3.8, 4) is 0 Å². The minimum absolute atomic E-state index is 0.0231. The topological polar surface area (TPSA) is 103 Å². The van der Waals surface area contributed by atoms with Crippen LogP contribution in [0.5, 0.6) is 0 Å². The average Bonchev–Trinajstić information content (AvgIpc) is 3.01. The number of aliphatic hydroxyl groups excluding tert-OH is 1. The number of fused-ring (bicyclic) bond motifs is 1. The molecule has 8 heteroatoms. The molecule has 0 aromatic carbocycles. The molecule has 1 aliphatic rings. The fraction of sp³-hybridized carbons (Fsp3) is 0.750. The summed E-state index contributed by atoms with van der Waals surface area (Å²) in [6.45, 7) is 1.61. The normalized spacial score (nSPS) is 16.9. The third kappa shape index (κ3) is 9.12. The van der Waals surface area contributed by atoms with Crippen molar-refractivity contribution in [1.29, 1.82) is 0 Å². The molecule has 2 amide bonds. The quantitative estimate of drug-likeness (QED) is 0.517. The van der Waals surface area contributed by atoms with Gasteiger partial charge in [-0.1, -0.05) is 38.5 Å². The molecule has 0 radical (unpaired) electrons. The minimum Gasteiger partial charge on any atom is -0.393 e. The first-order valence-corrected chi connectivity index (χ1v) is 11.3. The second kappa shape index (κ2) is 12.9. The zero-order valence-corrected chi connectivity index (χ0v) is 17.7. The van der Waals surface area contributed by atoms with Crippen LogP contribution in [0.1, 0.15) is 81.7 Å². The molecule has 0 saturated heterocycles. The molecule has 0 saturated carbocycles. The van der Waals surface area contributed by atoms with Crippen LogP contribution in [-0.4, -0.2) is 34.6 Å². The maximum absolute atomic E-state index is 12.1. The Kier molecular flexibility index (Phi) is 10.5. The first kappa shape index (κ1) is 22.8. The number of hydrogen-bond acceptors (Lipinski definition) is 6. The van der Waals surface area contributed by atoms with Crippen LogP contribution < -0.4 is 16.2 Å². The van der Waals surface area contributed by atoms with Gasteiger partial charge in [0.25, 0.3) is 0 Å². The fourth-order valence-electron chi connectivity index (χ4n) is 3.26. The van der Waals surface area contributed by atoms with Gasteiger partial charge in [0.1, 0.15) is 0 Å². The Morgan fingerprint density at radius 1 is 1.04 bits per heavy atom. The highest BCUT2D eigenvalue weighted by Crippen LogP contribution is 2.27. The van der Waals surface area contributed by atoms with E-state index in [1.54, 1.807) is 18.3 Å². The Morgan fingerprint density at radius 3 is 2.36 bits per heavy atom. The van der Waals surface area contributed by atoms with E-state index in [1.807, 2.05) is 0 Å². The Morgan fingerprint density at radius 2 is 1.68 bits per heavy atom. The monoisotopic (exact) mass is 410 g/mol. The van der Waals surface area contributed by atoms with Gasteiger partial charge in [0.2, 0.25) is 11.8 Å². The molecule has 0 aliphatic heterocycles. The second-order valence-corrected chi connectivity index (χ2v) is 8.64. The predicted molar refractivity (Wildman–Crippen MR) is 112 cm³/mol. The van der Waals surface area contributed by atoms with E-state index in [0.29, 0.717) is 11.6 Å². The second-order valence-electron chi connectivity index (χ2n) is 7.55. The molecule has 1 atom stereocenters. The molecular formula is C20H34N4O3S. The highest BCUT2D eigenvalue weighted by atomic mass is 32.1. The molecule has 0 fully saturated rings.